The zero-order valence-electron chi connectivity index (χ0n) is 15.8. The lowest BCUT2D eigenvalue weighted by Gasteiger charge is -2.09. The average Bonchev–Trinajstić information content (AvgIpc) is 2.65. The van der Waals surface area contributed by atoms with E-state index in [1.807, 2.05) is 25.1 Å². The highest BCUT2D eigenvalue weighted by Crippen LogP contribution is 2.21. The maximum atomic E-state index is 12.4. The molecule has 0 saturated heterocycles. The van der Waals surface area contributed by atoms with Crippen LogP contribution in [-0.2, 0) is 16.1 Å². The number of carbonyl (C=O) groups excluding carboxylic acids is 3. The molecule has 0 fully saturated rings. The molecule has 0 spiro atoms. The van der Waals surface area contributed by atoms with Gasteiger partial charge in [0.25, 0.3) is 0 Å². The highest BCUT2D eigenvalue weighted by atomic mass is 16.5. The Balaban J connectivity index is 1.83. The van der Waals surface area contributed by atoms with Crippen molar-refractivity contribution in [2.75, 3.05) is 12.4 Å². The minimum Gasteiger partial charge on any atom is -0.496 e. The van der Waals surface area contributed by atoms with Crippen molar-refractivity contribution in [3.05, 3.63) is 59.2 Å². The zero-order chi connectivity index (χ0) is 19.8. The van der Waals surface area contributed by atoms with E-state index in [2.05, 4.69) is 10.6 Å². The molecule has 0 bridgehead atoms. The van der Waals surface area contributed by atoms with Crippen LogP contribution in [0.5, 0.6) is 5.75 Å². The van der Waals surface area contributed by atoms with E-state index in [9.17, 15) is 14.4 Å². The number of methoxy groups -OCH3 is 1. The molecule has 142 valence electrons. The fourth-order valence-electron chi connectivity index (χ4n) is 2.60. The first kappa shape index (κ1) is 20.2. The van der Waals surface area contributed by atoms with Gasteiger partial charge in [-0.2, -0.15) is 0 Å². The smallest absolute Gasteiger partial charge is 0.221 e. The van der Waals surface area contributed by atoms with Gasteiger partial charge in [0.15, 0.2) is 5.78 Å². The molecule has 0 radical (unpaired) electrons. The van der Waals surface area contributed by atoms with E-state index in [-0.39, 0.29) is 30.4 Å². The number of ether oxygens (including phenoxy) is 1. The summed E-state index contributed by atoms with van der Waals surface area (Å²) < 4.78 is 5.22. The maximum absolute atomic E-state index is 12.4. The first-order valence-electron chi connectivity index (χ1n) is 8.70. The molecule has 2 rings (SSSR count). The maximum Gasteiger partial charge on any atom is 0.221 e. The van der Waals surface area contributed by atoms with Gasteiger partial charge in [0.2, 0.25) is 11.8 Å². The summed E-state index contributed by atoms with van der Waals surface area (Å²) >= 11 is 0. The van der Waals surface area contributed by atoms with Crippen molar-refractivity contribution >= 4 is 23.3 Å². The van der Waals surface area contributed by atoms with Crippen molar-refractivity contribution in [2.24, 2.45) is 0 Å². The summed E-state index contributed by atoms with van der Waals surface area (Å²) in [5.41, 5.74) is 3.07. The second-order valence-corrected chi connectivity index (χ2v) is 6.28. The Morgan fingerprint density at radius 2 is 1.70 bits per heavy atom. The van der Waals surface area contributed by atoms with Gasteiger partial charge < -0.3 is 15.4 Å². The Morgan fingerprint density at radius 1 is 1.00 bits per heavy atom. The predicted octanol–water partition coefficient (Wildman–Crippen LogP) is 3.24. The standard InChI is InChI=1S/C21H24N2O4/c1-14-4-10-20(27-3)18(12-14)19(25)9-11-21(26)22-13-16-5-7-17(8-6-16)23-15(2)24/h4-8,10,12H,9,11,13H2,1-3H3,(H,22,26)(H,23,24). The number of amides is 2. The predicted molar refractivity (Wildman–Crippen MR) is 104 cm³/mol. The minimum absolute atomic E-state index is 0.111. The largest absolute Gasteiger partial charge is 0.496 e. The fourth-order valence-corrected chi connectivity index (χ4v) is 2.60. The Labute approximate surface area is 158 Å². The first-order valence-corrected chi connectivity index (χ1v) is 8.70. The molecule has 27 heavy (non-hydrogen) atoms. The Kier molecular flexibility index (Phi) is 7.11. The molecule has 0 aliphatic rings. The number of aryl methyl sites for hydroxylation is 1. The van der Waals surface area contributed by atoms with Gasteiger partial charge in [-0.3, -0.25) is 14.4 Å². The van der Waals surface area contributed by atoms with E-state index in [0.29, 0.717) is 23.5 Å². The summed E-state index contributed by atoms with van der Waals surface area (Å²) in [6.07, 6.45) is 0.229. The van der Waals surface area contributed by atoms with Crippen LogP contribution in [0.2, 0.25) is 0 Å². The molecule has 2 aromatic rings. The Morgan fingerprint density at radius 3 is 2.33 bits per heavy atom. The molecular formula is C21H24N2O4. The first-order chi connectivity index (χ1) is 12.9. The summed E-state index contributed by atoms with van der Waals surface area (Å²) in [5.74, 6) is 0.0718. The van der Waals surface area contributed by atoms with Gasteiger partial charge in [0.1, 0.15) is 5.75 Å². The third-order valence-electron chi connectivity index (χ3n) is 4.00. The number of hydrogen-bond acceptors (Lipinski definition) is 4. The van der Waals surface area contributed by atoms with Crippen LogP contribution in [0.15, 0.2) is 42.5 Å². The highest BCUT2D eigenvalue weighted by molar-refractivity contribution is 6.00. The van der Waals surface area contributed by atoms with Crippen LogP contribution in [-0.4, -0.2) is 24.7 Å². The van der Waals surface area contributed by atoms with Crippen LogP contribution < -0.4 is 15.4 Å². The van der Waals surface area contributed by atoms with Gasteiger partial charge in [-0.05, 0) is 36.8 Å². The van der Waals surface area contributed by atoms with Crippen molar-refractivity contribution in [2.45, 2.75) is 33.2 Å². The normalized spacial score (nSPS) is 10.2. The number of anilines is 1. The molecule has 0 saturated carbocycles. The van der Waals surface area contributed by atoms with Crippen molar-refractivity contribution in [3.8, 4) is 5.75 Å². The molecule has 0 unspecified atom stereocenters. The number of Topliss-reactive ketones (excluding diaryl/α,β-unsaturated/α-hetero) is 1. The number of hydrogen-bond donors (Lipinski definition) is 2. The highest BCUT2D eigenvalue weighted by Gasteiger charge is 2.14. The lowest BCUT2D eigenvalue weighted by Crippen LogP contribution is -2.23. The molecule has 2 amide bonds. The van der Waals surface area contributed by atoms with E-state index < -0.39 is 0 Å². The van der Waals surface area contributed by atoms with Crippen LogP contribution in [0.25, 0.3) is 0 Å². The van der Waals surface area contributed by atoms with Crippen molar-refractivity contribution in [1.29, 1.82) is 0 Å². The zero-order valence-corrected chi connectivity index (χ0v) is 15.8. The minimum atomic E-state index is -0.194. The molecule has 0 aromatic heterocycles. The third kappa shape index (κ3) is 6.26. The second kappa shape index (κ2) is 9.52. The van der Waals surface area contributed by atoms with Gasteiger partial charge in [-0.1, -0.05) is 23.8 Å². The van der Waals surface area contributed by atoms with Crippen molar-refractivity contribution < 1.29 is 19.1 Å². The number of ketones is 1. The fraction of sp³-hybridized carbons (Fsp3) is 0.286. The van der Waals surface area contributed by atoms with E-state index in [1.54, 1.807) is 24.3 Å². The molecule has 0 heterocycles. The van der Waals surface area contributed by atoms with E-state index in [1.165, 1.54) is 14.0 Å². The van der Waals surface area contributed by atoms with Gasteiger partial charge >= 0.3 is 0 Å². The van der Waals surface area contributed by atoms with E-state index in [0.717, 1.165) is 11.1 Å². The SMILES string of the molecule is COc1ccc(C)cc1C(=O)CCC(=O)NCc1ccc(NC(C)=O)cc1. The average molecular weight is 368 g/mol. The van der Waals surface area contributed by atoms with Crippen LogP contribution >= 0.6 is 0 Å². The topological polar surface area (TPSA) is 84.5 Å². The number of nitrogens with one attached hydrogen (secondary N) is 2. The molecular weight excluding hydrogens is 344 g/mol. The van der Waals surface area contributed by atoms with Crippen LogP contribution in [0.1, 0.15) is 41.3 Å². The second-order valence-electron chi connectivity index (χ2n) is 6.28. The van der Waals surface area contributed by atoms with Crippen LogP contribution in [0.4, 0.5) is 5.69 Å². The summed E-state index contributed by atoms with van der Waals surface area (Å²) in [5, 5.41) is 5.48. The number of benzene rings is 2. The summed E-state index contributed by atoms with van der Waals surface area (Å²) in [7, 11) is 1.52. The van der Waals surface area contributed by atoms with Gasteiger partial charge in [0.05, 0.1) is 12.7 Å². The van der Waals surface area contributed by atoms with Gasteiger partial charge in [-0.15, -0.1) is 0 Å². The van der Waals surface area contributed by atoms with Crippen LogP contribution in [0.3, 0.4) is 0 Å². The van der Waals surface area contributed by atoms with Gasteiger partial charge in [-0.25, -0.2) is 0 Å². The lowest BCUT2D eigenvalue weighted by atomic mass is 10.0. The molecule has 6 nitrogen and oxygen atoms in total. The van der Waals surface area contributed by atoms with Gasteiger partial charge in [0, 0.05) is 32.0 Å². The van der Waals surface area contributed by atoms with Crippen molar-refractivity contribution in [1.82, 2.24) is 5.32 Å². The summed E-state index contributed by atoms with van der Waals surface area (Å²) in [6, 6.07) is 12.6. The molecule has 0 aliphatic carbocycles. The number of rotatable bonds is 8. The summed E-state index contributed by atoms with van der Waals surface area (Å²) in [6.45, 7) is 3.71. The molecule has 0 atom stereocenters. The Hall–Kier alpha value is -3.15. The molecule has 0 aliphatic heterocycles. The summed E-state index contributed by atoms with van der Waals surface area (Å²) in [4.78, 5) is 35.4. The third-order valence-corrected chi connectivity index (χ3v) is 4.00. The molecule has 6 heteroatoms. The molecule has 2 N–H and O–H groups in total. The van der Waals surface area contributed by atoms with Crippen LogP contribution in [0, 0.1) is 6.92 Å². The van der Waals surface area contributed by atoms with Crippen molar-refractivity contribution in [3.63, 3.8) is 0 Å². The quantitative estimate of drug-likeness (QED) is 0.701. The monoisotopic (exact) mass is 368 g/mol. The lowest BCUT2D eigenvalue weighted by molar-refractivity contribution is -0.121. The molecule has 2 aromatic carbocycles. The number of carbonyl (C=O) groups is 3. The van der Waals surface area contributed by atoms with E-state index in [4.69, 9.17) is 4.74 Å². The van der Waals surface area contributed by atoms with E-state index >= 15 is 0 Å². The Bertz CT molecular complexity index is 829.